The molecule has 0 aliphatic rings. The summed E-state index contributed by atoms with van der Waals surface area (Å²) in [5, 5.41) is 0. The molecule has 74 valence electrons. The number of thiol groups is 2. The first kappa shape index (κ1) is 10.9. The number of benzene rings is 1. The Morgan fingerprint density at radius 2 is 1.29 bits per heavy atom. The smallest absolute Gasteiger partial charge is 0.0860 e. The normalized spacial score (nSPS) is 11.6. The third kappa shape index (κ3) is 2.43. The zero-order valence-electron chi connectivity index (χ0n) is 7.25. The van der Waals surface area contributed by atoms with Crippen molar-refractivity contribution in [3.8, 4) is 0 Å². The lowest BCUT2D eigenvalue weighted by Crippen LogP contribution is -1.88. The molecule has 6 heteroatoms. The van der Waals surface area contributed by atoms with E-state index in [9.17, 15) is 0 Å². The molecular formula is C8H10N4S2. The first-order chi connectivity index (χ1) is 6.69. The minimum atomic E-state index is 0.650. The Hall–Kier alpha value is -1.14. The van der Waals surface area contributed by atoms with Gasteiger partial charge in [-0.1, -0.05) is 0 Å². The Morgan fingerprint density at radius 3 is 1.57 bits per heavy atom. The van der Waals surface area contributed by atoms with Crippen LogP contribution in [0.25, 0.3) is 0 Å². The van der Waals surface area contributed by atoms with Gasteiger partial charge in [0.05, 0.1) is 24.1 Å². The molecule has 0 saturated heterocycles. The number of hydrogen-bond donors (Lipinski definition) is 4. The molecule has 0 heterocycles. The van der Waals surface area contributed by atoms with Crippen molar-refractivity contribution in [3.63, 3.8) is 0 Å². The maximum atomic E-state index is 5.18. The lowest BCUT2D eigenvalue weighted by atomic mass is 10.3. The Labute approximate surface area is 92.9 Å². The van der Waals surface area contributed by atoms with Gasteiger partial charge in [-0.25, -0.2) is 9.98 Å². The van der Waals surface area contributed by atoms with Crippen LogP contribution in [-0.4, -0.2) is 12.7 Å². The summed E-state index contributed by atoms with van der Waals surface area (Å²) >= 11 is 8.45. The number of hydrogen-bond acceptors (Lipinski definition) is 4. The third-order valence-electron chi connectivity index (χ3n) is 1.50. The number of nitrogens with zero attached hydrogens (tertiary/aromatic N) is 2. The second kappa shape index (κ2) is 4.92. The SMILES string of the molecule is NC=Nc1cc(S)c(N=CN)cc1S. The van der Waals surface area contributed by atoms with Gasteiger partial charge in [-0.15, -0.1) is 25.3 Å². The Bertz CT molecular complexity index is 349. The van der Waals surface area contributed by atoms with Crippen molar-refractivity contribution in [3.05, 3.63) is 12.1 Å². The summed E-state index contributed by atoms with van der Waals surface area (Å²) in [5.41, 5.74) is 11.7. The lowest BCUT2D eigenvalue weighted by Gasteiger charge is -2.03. The average molecular weight is 226 g/mol. The largest absolute Gasteiger partial charge is 0.390 e. The zero-order chi connectivity index (χ0) is 10.6. The van der Waals surface area contributed by atoms with E-state index in [-0.39, 0.29) is 0 Å². The predicted octanol–water partition coefficient (Wildman–Crippen LogP) is 1.50. The molecule has 0 spiro atoms. The highest BCUT2D eigenvalue weighted by atomic mass is 32.1. The molecule has 1 aromatic carbocycles. The third-order valence-corrected chi connectivity index (χ3v) is 2.22. The van der Waals surface area contributed by atoms with Gasteiger partial charge in [0.25, 0.3) is 0 Å². The number of aliphatic imine (C=N–C) groups is 2. The van der Waals surface area contributed by atoms with Gasteiger partial charge in [0.1, 0.15) is 0 Å². The molecule has 14 heavy (non-hydrogen) atoms. The molecule has 0 unspecified atom stereocenters. The van der Waals surface area contributed by atoms with Crippen molar-refractivity contribution in [2.75, 3.05) is 0 Å². The maximum absolute atomic E-state index is 5.18. The van der Waals surface area contributed by atoms with Crippen molar-refractivity contribution in [1.82, 2.24) is 0 Å². The van der Waals surface area contributed by atoms with E-state index in [0.717, 1.165) is 0 Å². The standard InChI is InChI=1S/C8H10N4S2/c9-3-11-5-1-7(13)6(12-4-10)2-8(5)14/h1-4,13-14H,(H2,9,11)(H2,10,12). The fourth-order valence-electron chi connectivity index (χ4n) is 0.922. The van der Waals surface area contributed by atoms with Gasteiger partial charge in [0.15, 0.2) is 0 Å². The Balaban J connectivity index is 3.23. The maximum Gasteiger partial charge on any atom is 0.0860 e. The molecular weight excluding hydrogens is 216 g/mol. The van der Waals surface area contributed by atoms with E-state index in [1.807, 2.05) is 0 Å². The Kier molecular flexibility index (Phi) is 3.84. The predicted molar refractivity (Wildman–Crippen MR) is 65.6 cm³/mol. The van der Waals surface area contributed by atoms with Crippen LogP contribution in [0, 0.1) is 0 Å². The molecule has 4 N–H and O–H groups in total. The van der Waals surface area contributed by atoms with Gasteiger partial charge in [-0.2, -0.15) is 0 Å². The fourth-order valence-corrected chi connectivity index (χ4v) is 1.41. The van der Waals surface area contributed by atoms with Crippen LogP contribution in [0.2, 0.25) is 0 Å². The summed E-state index contributed by atoms with van der Waals surface area (Å²) < 4.78 is 0. The second-order valence-corrected chi connectivity index (χ2v) is 3.35. The molecule has 0 amide bonds. The summed E-state index contributed by atoms with van der Waals surface area (Å²) in [6.07, 6.45) is 2.41. The highest BCUT2D eigenvalue weighted by molar-refractivity contribution is 7.81. The first-order valence-corrected chi connectivity index (χ1v) is 4.63. The quantitative estimate of drug-likeness (QED) is 0.350. The van der Waals surface area contributed by atoms with Crippen molar-refractivity contribution in [1.29, 1.82) is 0 Å². The minimum Gasteiger partial charge on any atom is -0.390 e. The summed E-state index contributed by atoms with van der Waals surface area (Å²) in [5.74, 6) is 0. The van der Waals surface area contributed by atoms with Gasteiger partial charge < -0.3 is 11.5 Å². The highest BCUT2D eigenvalue weighted by Gasteiger charge is 2.03. The lowest BCUT2D eigenvalue weighted by molar-refractivity contribution is 1.28. The van der Waals surface area contributed by atoms with Crippen molar-refractivity contribution < 1.29 is 0 Å². The molecule has 0 atom stereocenters. The van der Waals surface area contributed by atoms with E-state index < -0.39 is 0 Å². The van der Waals surface area contributed by atoms with Crippen LogP contribution in [0.15, 0.2) is 31.9 Å². The first-order valence-electron chi connectivity index (χ1n) is 3.73. The summed E-state index contributed by atoms with van der Waals surface area (Å²) in [6, 6.07) is 3.44. The topological polar surface area (TPSA) is 76.8 Å². The van der Waals surface area contributed by atoms with Gasteiger partial charge in [0, 0.05) is 9.79 Å². The van der Waals surface area contributed by atoms with Crippen molar-refractivity contribution in [2.45, 2.75) is 9.79 Å². The van der Waals surface area contributed by atoms with E-state index in [1.54, 1.807) is 12.1 Å². The van der Waals surface area contributed by atoms with E-state index in [1.165, 1.54) is 12.7 Å². The van der Waals surface area contributed by atoms with Crippen molar-refractivity contribution in [2.24, 2.45) is 21.5 Å². The summed E-state index contributed by atoms with van der Waals surface area (Å²) in [4.78, 5) is 9.17. The minimum absolute atomic E-state index is 0.650. The van der Waals surface area contributed by atoms with Gasteiger partial charge in [-0.05, 0) is 12.1 Å². The molecule has 0 saturated carbocycles. The van der Waals surface area contributed by atoms with Crippen LogP contribution < -0.4 is 11.5 Å². The van der Waals surface area contributed by atoms with Crippen LogP contribution in [0.1, 0.15) is 0 Å². The number of rotatable bonds is 2. The monoisotopic (exact) mass is 226 g/mol. The Morgan fingerprint density at radius 1 is 0.929 bits per heavy atom. The molecule has 0 aromatic heterocycles. The van der Waals surface area contributed by atoms with Crippen LogP contribution in [0.3, 0.4) is 0 Å². The molecule has 1 rings (SSSR count). The summed E-state index contributed by atoms with van der Waals surface area (Å²) in [6.45, 7) is 0. The van der Waals surface area contributed by atoms with E-state index in [0.29, 0.717) is 21.2 Å². The molecule has 0 fully saturated rings. The molecule has 1 aromatic rings. The van der Waals surface area contributed by atoms with E-state index in [4.69, 9.17) is 11.5 Å². The molecule has 0 aliphatic heterocycles. The van der Waals surface area contributed by atoms with E-state index in [2.05, 4.69) is 35.2 Å². The van der Waals surface area contributed by atoms with Crippen molar-refractivity contribution >= 4 is 49.3 Å². The van der Waals surface area contributed by atoms with E-state index >= 15 is 0 Å². The number of nitrogens with two attached hydrogens (primary N) is 2. The average Bonchev–Trinajstić information content (AvgIpc) is 2.14. The molecule has 4 nitrogen and oxygen atoms in total. The highest BCUT2D eigenvalue weighted by Crippen LogP contribution is 2.33. The molecule has 0 aliphatic carbocycles. The molecule has 0 radical (unpaired) electrons. The fraction of sp³-hybridized carbons (Fsp3) is 0. The summed E-state index contributed by atoms with van der Waals surface area (Å²) in [7, 11) is 0. The van der Waals surface area contributed by atoms with Gasteiger partial charge in [0.2, 0.25) is 0 Å². The second-order valence-electron chi connectivity index (χ2n) is 2.39. The zero-order valence-corrected chi connectivity index (χ0v) is 9.04. The van der Waals surface area contributed by atoms with Crippen LogP contribution in [0.4, 0.5) is 11.4 Å². The van der Waals surface area contributed by atoms with Crippen LogP contribution >= 0.6 is 25.3 Å². The van der Waals surface area contributed by atoms with Crippen LogP contribution in [0.5, 0.6) is 0 Å². The molecule has 0 bridgehead atoms. The van der Waals surface area contributed by atoms with Crippen LogP contribution in [-0.2, 0) is 0 Å². The van der Waals surface area contributed by atoms with Gasteiger partial charge >= 0.3 is 0 Å². The van der Waals surface area contributed by atoms with Gasteiger partial charge in [-0.3, -0.25) is 0 Å².